The largest absolute Gasteiger partial charge is 0.456 e. The zero-order valence-electron chi connectivity index (χ0n) is 26.5. The maximum atomic E-state index is 6.48. The zero-order valence-corrected chi connectivity index (χ0v) is 26.5. The van der Waals surface area contributed by atoms with Crippen LogP contribution in [0, 0.1) is 0 Å². The zero-order chi connectivity index (χ0) is 32.3. The molecule has 0 aliphatic rings. The molecule has 0 amide bonds. The van der Waals surface area contributed by atoms with Gasteiger partial charge in [0.25, 0.3) is 0 Å². The molecule has 10 aromatic rings. The average Bonchev–Trinajstić information content (AvgIpc) is 3.73. The van der Waals surface area contributed by atoms with Gasteiger partial charge in [-0.3, -0.25) is 0 Å². The molecule has 0 saturated heterocycles. The number of anilines is 3. The minimum absolute atomic E-state index is 0.852. The third kappa shape index (κ3) is 4.51. The van der Waals surface area contributed by atoms with E-state index in [2.05, 4.69) is 163 Å². The lowest BCUT2D eigenvalue weighted by atomic mass is 9.94. The number of hydrogen-bond acceptors (Lipinski definition) is 3. The Labute approximate surface area is 282 Å². The van der Waals surface area contributed by atoms with Gasteiger partial charge in [-0.25, -0.2) is 0 Å². The maximum Gasteiger partial charge on any atom is 0.137 e. The Morgan fingerprint density at radius 3 is 1.90 bits per heavy atom. The third-order valence-corrected chi connectivity index (χ3v) is 9.63. The number of furan rings is 2. The van der Waals surface area contributed by atoms with E-state index in [4.69, 9.17) is 8.83 Å². The molecule has 0 radical (unpaired) electrons. The molecule has 0 atom stereocenters. The molecule has 8 aromatic carbocycles. The van der Waals surface area contributed by atoms with Crippen molar-refractivity contribution in [2.24, 2.45) is 0 Å². The van der Waals surface area contributed by atoms with Crippen LogP contribution in [0.1, 0.15) is 0 Å². The van der Waals surface area contributed by atoms with Crippen molar-refractivity contribution >= 4 is 71.7 Å². The summed E-state index contributed by atoms with van der Waals surface area (Å²) in [5.41, 5.74) is 11.1. The second kappa shape index (κ2) is 11.0. The van der Waals surface area contributed by atoms with Gasteiger partial charge in [-0.2, -0.15) is 0 Å². The average molecular weight is 628 g/mol. The van der Waals surface area contributed by atoms with E-state index < -0.39 is 0 Å². The number of para-hydroxylation sites is 2. The van der Waals surface area contributed by atoms with Crippen LogP contribution >= 0.6 is 0 Å². The van der Waals surface area contributed by atoms with E-state index in [1.165, 1.54) is 16.3 Å². The van der Waals surface area contributed by atoms with E-state index >= 15 is 0 Å². The molecular formula is C46H29NO2. The van der Waals surface area contributed by atoms with Crippen molar-refractivity contribution in [2.45, 2.75) is 0 Å². The number of rotatable bonds is 5. The van der Waals surface area contributed by atoms with Crippen LogP contribution in [0.3, 0.4) is 0 Å². The molecule has 49 heavy (non-hydrogen) atoms. The summed E-state index contributed by atoms with van der Waals surface area (Å²) in [5, 5.41) is 6.80. The first kappa shape index (κ1) is 27.5. The predicted molar refractivity (Wildman–Crippen MR) is 204 cm³/mol. The Bertz CT molecular complexity index is 2840. The normalized spacial score (nSPS) is 11.7. The highest BCUT2D eigenvalue weighted by atomic mass is 16.3. The summed E-state index contributed by atoms with van der Waals surface area (Å²) in [6.07, 6.45) is 0. The van der Waals surface area contributed by atoms with Crippen LogP contribution in [0.4, 0.5) is 17.1 Å². The minimum Gasteiger partial charge on any atom is -0.456 e. The third-order valence-electron chi connectivity index (χ3n) is 9.63. The molecule has 10 rings (SSSR count). The summed E-state index contributed by atoms with van der Waals surface area (Å²) in [7, 11) is 0. The molecule has 0 bridgehead atoms. The Morgan fingerprint density at radius 2 is 1.02 bits per heavy atom. The monoisotopic (exact) mass is 627 g/mol. The van der Waals surface area contributed by atoms with Gasteiger partial charge in [-0.1, -0.05) is 115 Å². The van der Waals surface area contributed by atoms with E-state index in [-0.39, 0.29) is 0 Å². The fourth-order valence-electron chi connectivity index (χ4n) is 7.37. The quantitative estimate of drug-likeness (QED) is 0.190. The Hall–Kier alpha value is -6.58. The van der Waals surface area contributed by atoms with Gasteiger partial charge >= 0.3 is 0 Å². The molecule has 2 heterocycles. The van der Waals surface area contributed by atoms with Crippen LogP contribution in [0.25, 0.3) is 76.9 Å². The van der Waals surface area contributed by atoms with Gasteiger partial charge < -0.3 is 13.7 Å². The molecule has 0 saturated carbocycles. The van der Waals surface area contributed by atoms with Crippen molar-refractivity contribution in [3.8, 4) is 22.3 Å². The van der Waals surface area contributed by atoms with E-state index in [1.807, 2.05) is 18.2 Å². The molecule has 0 spiro atoms. The smallest absolute Gasteiger partial charge is 0.137 e. The molecule has 3 nitrogen and oxygen atoms in total. The molecule has 3 heteroatoms. The summed E-state index contributed by atoms with van der Waals surface area (Å²) in [6.45, 7) is 0. The van der Waals surface area contributed by atoms with Gasteiger partial charge in [-0.05, 0) is 82.1 Å². The van der Waals surface area contributed by atoms with Gasteiger partial charge in [-0.15, -0.1) is 0 Å². The van der Waals surface area contributed by atoms with Crippen LogP contribution < -0.4 is 4.90 Å². The number of hydrogen-bond donors (Lipinski definition) is 0. The summed E-state index contributed by atoms with van der Waals surface area (Å²) >= 11 is 0. The summed E-state index contributed by atoms with van der Waals surface area (Å²) in [6, 6.07) is 62.1. The molecule has 230 valence electrons. The minimum atomic E-state index is 0.852. The Balaban J connectivity index is 1.30. The Morgan fingerprint density at radius 1 is 0.347 bits per heavy atom. The fraction of sp³-hybridized carbons (Fsp3) is 0. The van der Waals surface area contributed by atoms with Gasteiger partial charge in [0.1, 0.15) is 22.3 Å². The lowest BCUT2D eigenvalue weighted by molar-refractivity contribution is 0.668. The van der Waals surface area contributed by atoms with Crippen molar-refractivity contribution in [2.75, 3.05) is 4.90 Å². The molecule has 2 aromatic heterocycles. The molecule has 0 N–H and O–H groups in total. The highest BCUT2D eigenvalue weighted by Crippen LogP contribution is 2.48. The lowest BCUT2D eigenvalue weighted by Gasteiger charge is -2.29. The Kier molecular flexibility index (Phi) is 6.18. The second-order valence-electron chi connectivity index (χ2n) is 12.5. The fourth-order valence-corrected chi connectivity index (χ4v) is 7.37. The highest BCUT2D eigenvalue weighted by Gasteiger charge is 2.24. The van der Waals surface area contributed by atoms with E-state index in [0.29, 0.717) is 0 Å². The maximum absolute atomic E-state index is 6.48. The van der Waals surface area contributed by atoms with E-state index in [1.54, 1.807) is 0 Å². The van der Waals surface area contributed by atoms with Gasteiger partial charge in [0.2, 0.25) is 0 Å². The topological polar surface area (TPSA) is 29.5 Å². The first-order chi connectivity index (χ1) is 24.3. The molecule has 0 unspecified atom stereocenters. The summed E-state index contributed by atoms with van der Waals surface area (Å²) < 4.78 is 12.9. The van der Waals surface area contributed by atoms with Crippen molar-refractivity contribution in [3.63, 3.8) is 0 Å². The van der Waals surface area contributed by atoms with Gasteiger partial charge in [0.05, 0.1) is 5.69 Å². The van der Waals surface area contributed by atoms with Crippen LogP contribution in [0.2, 0.25) is 0 Å². The molecule has 0 aliphatic heterocycles. The van der Waals surface area contributed by atoms with Crippen molar-refractivity contribution < 1.29 is 8.83 Å². The first-order valence-electron chi connectivity index (χ1n) is 16.6. The molecular weight excluding hydrogens is 599 g/mol. The van der Waals surface area contributed by atoms with Crippen molar-refractivity contribution in [3.05, 3.63) is 176 Å². The predicted octanol–water partition coefficient (Wildman–Crippen LogP) is 13.4. The summed E-state index contributed by atoms with van der Waals surface area (Å²) in [5.74, 6) is 0. The van der Waals surface area contributed by atoms with E-state index in [0.717, 1.165) is 77.6 Å². The molecule has 0 fully saturated rings. The summed E-state index contributed by atoms with van der Waals surface area (Å²) in [4.78, 5) is 2.37. The van der Waals surface area contributed by atoms with Crippen LogP contribution in [-0.2, 0) is 0 Å². The van der Waals surface area contributed by atoms with Crippen molar-refractivity contribution in [1.82, 2.24) is 0 Å². The SMILES string of the molecule is c1ccc(-c2cccc(N(c3ccc4c(c3)oc3ccccc34)c3ccc4oc5ccccc5c4c3-c3ccc4ccccc4c3)c2)cc1. The second-order valence-corrected chi connectivity index (χ2v) is 12.5. The van der Waals surface area contributed by atoms with Crippen LogP contribution in [0.15, 0.2) is 185 Å². The van der Waals surface area contributed by atoms with Gasteiger partial charge in [0.15, 0.2) is 0 Å². The number of nitrogens with zero attached hydrogens (tertiary/aromatic N) is 1. The molecule has 0 aliphatic carbocycles. The van der Waals surface area contributed by atoms with Crippen LogP contribution in [0.5, 0.6) is 0 Å². The number of benzene rings is 8. The standard InChI is InChI=1S/C46H29NO2/c1-2-11-30(12-3-1)33-15-10-16-35(28-33)47(36-23-24-38-37-17-6-8-19-41(37)49-44(38)29-36)40-25-26-43-46(39-18-7-9-20-42(39)48-43)45(40)34-22-21-31-13-4-5-14-32(31)27-34/h1-29H. The van der Waals surface area contributed by atoms with Crippen LogP contribution in [-0.4, -0.2) is 0 Å². The lowest BCUT2D eigenvalue weighted by Crippen LogP contribution is -2.11. The first-order valence-corrected chi connectivity index (χ1v) is 16.6. The van der Waals surface area contributed by atoms with Gasteiger partial charge in [0, 0.05) is 44.5 Å². The highest BCUT2D eigenvalue weighted by molar-refractivity contribution is 6.17. The van der Waals surface area contributed by atoms with E-state index in [9.17, 15) is 0 Å². The number of fused-ring (bicyclic) bond motifs is 7. The van der Waals surface area contributed by atoms with Crippen molar-refractivity contribution in [1.29, 1.82) is 0 Å².